The molecule has 0 saturated carbocycles. The van der Waals surface area contributed by atoms with E-state index in [1.807, 2.05) is 0 Å². The number of hydrogen-bond acceptors (Lipinski definition) is 0. The Balaban J connectivity index is 1.73. The van der Waals surface area contributed by atoms with E-state index in [1.54, 1.807) is 21.5 Å². The SMILES string of the molecule is CCCCc1ccc(CC2=C(C(C)C)C([SiH2]c3ccccc3)=CC2)cc1. The predicted molar refractivity (Wildman–Crippen MR) is 118 cm³/mol. The summed E-state index contributed by atoms with van der Waals surface area (Å²) in [7, 11) is -0.359. The third kappa shape index (κ3) is 4.85. The summed E-state index contributed by atoms with van der Waals surface area (Å²) >= 11 is 0. The van der Waals surface area contributed by atoms with Gasteiger partial charge < -0.3 is 0 Å². The highest BCUT2D eigenvalue weighted by Crippen LogP contribution is 2.33. The van der Waals surface area contributed by atoms with Gasteiger partial charge in [-0.15, -0.1) is 0 Å². The summed E-state index contributed by atoms with van der Waals surface area (Å²) in [5.74, 6) is 0.624. The van der Waals surface area contributed by atoms with Gasteiger partial charge in [-0.3, -0.25) is 0 Å². The molecule has 0 nitrogen and oxygen atoms in total. The van der Waals surface area contributed by atoms with E-state index in [9.17, 15) is 0 Å². The summed E-state index contributed by atoms with van der Waals surface area (Å²) in [6, 6.07) is 20.5. The van der Waals surface area contributed by atoms with Crippen molar-refractivity contribution in [1.82, 2.24) is 0 Å². The molecule has 136 valence electrons. The fourth-order valence-corrected chi connectivity index (χ4v) is 6.16. The highest BCUT2D eigenvalue weighted by molar-refractivity contribution is 6.62. The zero-order chi connectivity index (χ0) is 18.4. The molecule has 0 saturated heterocycles. The van der Waals surface area contributed by atoms with E-state index in [0.717, 1.165) is 12.8 Å². The molecule has 0 unspecified atom stereocenters. The van der Waals surface area contributed by atoms with E-state index in [2.05, 4.69) is 81.4 Å². The van der Waals surface area contributed by atoms with Crippen LogP contribution < -0.4 is 5.19 Å². The molecule has 0 N–H and O–H groups in total. The van der Waals surface area contributed by atoms with Crippen LogP contribution in [0.2, 0.25) is 0 Å². The molecule has 0 fully saturated rings. The molecule has 1 heteroatoms. The first-order chi connectivity index (χ1) is 12.7. The van der Waals surface area contributed by atoms with Crippen LogP contribution in [0.5, 0.6) is 0 Å². The second-order valence-electron chi connectivity index (χ2n) is 7.86. The second-order valence-corrected chi connectivity index (χ2v) is 9.80. The Hall–Kier alpha value is -1.86. The molecule has 0 aliphatic heterocycles. The number of rotatable bonds is 8. The smallest absolute Gasteiger partial charge is 0.0812 e. The second kappa shape index (κ2) is 9.18. The highest BCUT2D eigenvalue weighted by Gasteiger charge is 2.20. The maximum absolute atomic E-state index is 2.53. The fourth-order valence-electron chi connectivity index (χ4n) is 4.07. The fraction of sp³-hybridized carbons (Fsp3) is 0.360. The lowest BCUT2D eigenvalue weighted by atomic mass is 9.94. The summed E-state index contributed by atoms with van der Waals surface area (Å²) < 4.78 is 0. The Morgan fingerprint density at radius 1 is 0.923 bits per heavy atom. The van der Waals surface area contributed by atoms with Gasteiger partial charge in [0.25, 0.3) is 0 Å². The first-order valence-corrected chi connectivity index (χ1v) is 11.6. The number of unbranched alkanes of at least 4 members (excludes halogenated alkanes) is 1. The molecule has 0 radical (unpaired) electrons. The predicted octanol–water partition coefficient (Wildman–Crippen LogP) is 5.31. The maximum atomic E-state index is 2.53. The number of allylic oxidation sites excluding steroid dienone is 4. The van der Waals surface area contributed by atoms with Crippen LogP contribution in [-0.2, 0) is 12.8 Å². The van der Waals surface area contributed by atoms with Gasteiger partial charge in [-0.25, -0.2) is 0 Å². The van der Waals surface area contributed by atoms with Gasteiger partial charge in [0.2, 0.25) is 0 Å². The average molecular weight is 361 g/mol. The van der Waals surface area contributed by atoms with Gasteiger partial charge in [-0.2, -0.15) is 0 Å². The molecule has 2 aromatic carbocycles. The van der Waals surface area contributed by atoms with Gasteiger partial charge in [-0.05, 0) is 48.3 Å². The zero-order valence-electron chi connectivity index (χ0n) is 16.6. The molecule has 1 aliphatic carbocycles. The van der Waals surface area contributed by atoms with Crippen LogP contribution >= 0.6 is 0 Å². The Labute approximate surface area is 161 Å². The van der Waals surface area contributed by atoms with Crippen molar-refractivity contribution >= 4 is 14.7 Å². The molecule has 0 bridgehead atoms. The molecule has 0 aromatic heterocycles. The van der Waals surface area contributed by atoms with Crippen LogP contribution in [0.1, 0.15) is 51.2 Å². The average Bonchev–Trinajstić information content (AvgIpc) is 3.04. The molecule has 0 amide bonds. The van der Waals surface area contributed by atoms with Crippen molar-refractivity contribution in [1.29, 1.82) is 0 Å². The molecule has 0 heterocycles. The number of benzene rings is 2. The minimum Gasteiger partial charge on any atom is -0.0812 e. The topological polar surface area (TPSA) is 0 Å². The zero-order valence-corrected chi connectivity index (χ0v) is 18.0. The summed E-state index contributed by atoms with van der Waals surface area (Å²) in [5.41, 5.74) is 6.26. The van der Waals surface area contributed by atoms with Crippen LogP contribution in [0.15, 0.2) is 77.0 Å². The van der Waals surface area contributed by atoms with Crippen LogP contribution in [0, 0.1) is 5.92 Å². The van der Waals surface area contributed by atoms with Crippen molar-refractivity contribution in [2.24, 2.45) is 5.92 Å². The van der Waals surface area contributed by atoms with Crippen molar-refractivity contribution in [3.8, 4) is 0 Å². The normalized spacial score (nSPS) is 14.7. The van der Waals surface area contributed by atoms with Crippen LogP contribution in [0.3, 0.4) is 0 Å². The summed E-state index contributed by atoms with van der Waals surface area (Å²) in [5, 5.41) is 3.24. The first kappa shape index (κ1) is 18.9. The Bertz CT molecular complexity index is 764. The molecule has 2 aromatic rings. The summed E-state index contributed by atoms with van der Waals surface area (Å²) in [4.78, 5) is 0. The minimum absolute atomic E-state index is 0.359. The third-order valence-corrected chi connectivity index (χ3v) is 7.33. The van der Waals surface area contributed by atoms with Crippen molar-refractivity contribution in [2.45, 2.75) is 52.9 Å². The van der Waals surface area contributed by atoms with Crippen molar-refractivity contribution in [3.63, 3.8) is 0 Å². The Morgan fingerprint density at radius 2 is 1.62 bits per heavy atom. The van der Waals surface area contributed by atoms with E-state index in [1.165, 1.54) is 30.4 Å². The summed E-state index contributed by atoms with van der Waals surface area (Å²) in [6.45, 7) is 6.99. The lowest BCUT2D eigenvalue weighted by Crippen LogP contribution is -2.18. The van der Waals surface area contributed by atoms with E-state index in [0.29, 0.717) is 5.92 Å². The van der Waals surface area contributed by atoms with E-state index < -0.39 is 0 Å². The van der Waals surface area contributed by atoms with Gasteiger partial charge in [-0.1, -0.05) is 104 Å². The number of hydrogen-bond donors (Lipinski definition) is 0. The Kier molecular flexibility index (Phi) is 6.68. The monoisotopic (exact) mass is 360 g/mol. The van der Waals surface area contributed by atoms with E-state index in [4.69, 9.17) is 0 Å². The molecule has 3 rings (SSSR count). The molecule has 26 heavy (non-hydrogen) atoms. The van der Waals surface area contributed by atoms with Crippen molar-refractivity contribution in [3.05, 3.63) is 88.1 Å². The molecule has 1 aliphatic rings. The quantitative estimate of drug-likeness (QED) is 0.560. The summed E-state index contributed by atoms with van der Waals surface area (Å²) in [6.07, 6.45) is 8.57. The standard InChI is InChI=1S/C25H32Si/c1-4-5-9-20-12-14-21(15-13-20)18-22-16-17-24(25(22)19(2)3)26-23-10-7-6-8-11-23/h6-8,10-15,17,19H,4-5,9,16,18,26H2,1-3H3. The van der Waals surface area contributed by atoms with Crippen LogP contribution in [-0.4, -0.2) is 9.52 Å². The van der Waals surface area contributed by atoms with Gasteiger partial charge in [0.15, 0.2) is 0 Å². The lowest BCUT2D eigenvalue weighted by Gasteiger charge is -2.16. The van der Waals surface area contributed by atoms with Crippen molar-refractivity contribution in [2.75, 3.05) is 0 Å². The Morgan fingerprint density at radius 3 is 2.27 bits per heavy atom. The largest absolute Gasteiger partial charge is 0.0874 e. The third-order valence-electron chi connectivity index (χ3n) is 5.40. The van der Waals surface area contributed by atoms with Crippen LogP contribution in [0.4, 0.5) is 0 Å². The molecular weight excluding hydrogens is 328 g/mol. The van der Waals surface area contributed by atoms with Gasteiger partial charge in [0.1, 0.15) is 0 Å². The van der Waals surface area contributed by atoms with Crippen molar-refractivity contribution < 1.29 is 0 Å². The van der Waals surface area contributed by atoms with Gasteiger partial charge in [0.05, 0.1) is 9.52 Å². The number of aryl methyl sites for hydroxylation is 1. The highest BCUT2D eigenvalue weighted by atomic mass is 28.2. The van der Waals surface area contributed by atoms with Gasteiger partial charge >= 0.3 is 0 Å². The molecular formula is C25H32Si. The lowest BCUT2D eigenvalue weighted by molar-refractivity contribution is 0.773. The van der Waals surface area contributed by atoms with Crippen LogP contribution in [0.25, 0.3) is 0 Å². The minimum atomic E-state index is -0.359. The molecule has 0 atom stereocenters. The molecule has 0 spiro atoms. The van der Waals surface area contributed by atoms with E-state index >= 15 is 0 Å². The van der Waals surface area contributed by atoms with E-state index in [-0.39, 0.29) is 9.52 Å². The first-order valence-electron chi connectivity index (χ1n) is 10.2. The van der Waals surface area contributed by atoms with Gasteiger partial charge in [0, 0.05) is 0 Å². The maximum Gasteiger partial charge on any atom is 0.0874 e.